The Morgan fingerprint density at radius 3 is 2.80 bits per heavy atom. The van der Waals surface area contributed by atoms with Gasteiger partial charge in [0.2, 0.25) is 0 Å². The summed E-state index contributed by atoms with van der Waals surface area (Å²) in [6.45, 7) is 2.67. The number of rotatable bonds is 4. The maximum atomic E-state index is 3.92. The molecule has 20 heavy (non-hydrogen) atoms. The van der Waals surface area contributed by atoms with Crippen LogP contribution in [0.25, 0.3) is 5.69 Å². The minimum atomic E-state index is 0.654. The molecule has 0 aliphatic rings. The molecule has 8 heteroatoms. The summed E-state index contributed by atoms with van der Waals surface area (Å²) in [4.78, 5) is 0. The summed E-state index contributed by atoms with van der Waals surface area (Å²) < 4.78 is 3.38. The van der Waals surface area contributed by atoms with Crippen molar-refractivity contribution in [3.63, 3.8) is 0 Å². The SMILES string of the molecule is Cc1ccc(NCc2cnnn2C)cc1-n1cnnn1. The van der Waals surface area contributed by atoms with Crippen LogP contribution in [-0.2, 0) is 13.6 Å². The third-order valence-electron chi connectivity index (χ3n) is 3.09. The van der Waals surface area contributed by atoms with E-state index in [1.54, 1.807) is 21.9 Å². The molecule has 0 saturated carbocycles. The summed E-state index contributed by atoms with van der Waals surface area (Å²) >= 11 is 0. The Balaban J connectivity index is 1.81. The van der Waals surface area contributed by atoms with Gasteiger partial charge in [-0.1, -0.05) is 11.3 Å². The van der Waals surface area contributed by atoms with Gasteiger partial charge in [0.25, 0.3) is 0 Å². The van der Waals surface area contributed by atoms with Gasteiger partial charge in [0, 0.05) is 12.7 Å². The smallest absolute Gasteiger partial charge is 0.143 e. The van der Waals surface area contributed by atoms with Gasteiger partial charge >= 0.3 is 0 Å². The maximum Gasteiger partial charge on any atom is 0.143 e. The highest BCUT2D eigenvalue weighted by Gasteiger charge is 2.05. The summed E-state index contributed by atoms with van der Waals surface area (Å²) in [6, 6.07) is 6.06. The van der Waals surface area contributed by atoms with Gasteiger partial charge < -0.3 is 5.32 Å². The lowest BCUT2D eigenvalue weighted by Crippen LogP contribution is -2.06. The van der Waals surface area contributed by atoms with Crippen LogP contribution >= 0.6 is 0 Å². The summed E-state index contributed by atoms with van der Waals surface area (Å²) in [5.74, 6) is 0. The van der Waals surface area contributed by atoms with E-state index in [2.05, 4.69) is 31.2 Å². The first-order chi connectivity index (χ1) is 9.74. The fourth-order valence-corrected chi connectivity index (χ4v) is 1.90. The molecular formula is C12H14N8. The fraction of sp³-hybridized carbons (Fsp3) is 0.250. The molecule has 0 radical (unpaired) electrons. The summed E-state index contributed by atoms with van der Waals surface area (Å²) in [5.41, 5.74) is 4.05. The number of hydrogen-bond donors (Lipinski definition) is 1. The molecule has 0 aliphatic carbocycles. The number of hydrogen-bond acceptors (Lipinski definition) is 6. The van der Waals surface area contributed by atoms with Gasteiger partial charge in [-0.25, -0.2) is 4.68 Å². The van der Waals surface area contributed by atoms with Crippen molar-refractivity contribution >= 4 is 5.69 Å². The lowest BCUT2D eigenvalue weighted by molar-refractivity contribution is 0.683. The van der Waals surface area contributed by atoms with Crippen LogP contribution in [-0.4, -0.2) is 35.2 Å². The van der Waals surface area contributed by atoms with E-state index in [0.29, 0.717) is 6.54 Å². The van der Waals surface area contributed by atoms with E-state index in [0.717, 1.165) is 22.6 Å². The zero-order chi connectivity index (χ0) is 13.9. The first kappa shape index (κ1) is 12.3. The summed E-state index contributed by atoms with van der Waals surface area (Å²) in [6.07, 6.45) is 3.32. The van der Waals surface area contributed by atoms with Crippen LogP contribution in [0.3, 0.4) is 0 Å². The third-order valence-corrected chi connectivity index (χ3v) is 3.09. The predicted molar refractivity (Wildman–Crippen MR) is 72.2 cm³/mol. The van der Waals surface area contributed by atoms with E-state index in [1.807, 2.05) is 32.2 Å². The zero-order valence-electron chi connectivity index (χ0n) is 11.2. The highest BCUT2D eigenvalue weighted by atomic mass is 15.5. The molecule has 0 bridgehead atoms. The van der Waals surface area contributed by atoms with Gasteiger partial charge in [-0.2, -0.15) is 0 Å². The second-order valence-corrected chi connectivity index (χ2v) is 4.46. The van der Waals surface area contributed by atoms with Crippen LogP contribution in [0.2, 0.25) is 0 Å². The van der Waals surface area contributed by atoms with E-state index >= 15 is 0 Å². The maximum absolute atomic E-state index is 3.92. The van der Waals surface area contributed by atoms with Crippen molar-refractivity contribution in [2.45, 2.75) is 13.5 Å². The molecule has 1 N–H and O–H groups in total. The van der Waals surface area contributed by atoms with Crippen LogP contribution in [0.4, 0.5) is 5.69 Å². The lowest BCUT2D eigenvalue weighted by Gasteiger charge is -2.10. The molecule has 1 aromatic carbocycles. The number of aromatic nitrogens is 7. The van der Waals surface area contributed by atoms with Gasteiger partial charge in [0.15, 0.2) is 0 Å². The van der Waals surface area contributed by atoms with Crippen LogP contribution in [0.15, 0.2) is 30.7 Å². The van der Waals surface area contributed by atoms with Gasteiger partial charge in [-0.3, -0.25) is 4.68 Å². The van der Waals surface area contributed by atoms with Crippen molar-refractivity contribution < 1.29 is 0 Å². The van der Waals surface area contributed by atoms with Crippen LogP contribution < -0.4 is 5.32 Å². The van der Waals surface area contributed by atoms with Crippen molar-refractivity contribution in [1.82, 2.24) is 35.2 Å². The average molecular weight is 270 g/mol. The highest BCUT2D eigenvalue weighted by Crippen LogP contribution is 2.18. The van der Waals surface area contributed by atoms with Crippen LogP contribution in [0, 0.1) is 6.92 Å². The average Bonchev–Trinajstić information content (AvgIpc) is 3.09. The van der Waals surface area contributed by atoms with Crippen LogP contribution in [0.1, 0.15) is 11.3 Å². The number of tetrazole rings is 1. The Morgan fingerprint density at radius 2 is 2.10 bits per heavy atom. The second kappa shape index (κ2) is 5.08. The molecule has 2 aromatic heterocycles. The first-order valence-corrected chi connectivity index (χ1v) is 6.15. The third kappa shape index (κ3) is 2.35. The molecule has 3 rings (SSSR count). The summed E-state index contributed by atoms with van der Waals surface area (Å²) in [7, 11) is 1.87. The molecule has 3 aromatic rings. The molecule has 0 aliphatic heterocycles. The van der Waals surface area contributed by atoms with Crippen molar-refractivity contribution in [2.24, 2.45) is 7.05 Å². The van der Waals surface area contributed by atoms with Gasteiger partial charge in [-0.05, 0) is 35.0 Å². The minimum absolute atomic E-state index is 0.654. The fourth-order valence-electron chi connectivity index (χ4n) is 1.90. The number of anilines is 1. The summed E-state index contributed by atoms with van der Waals surface area (Å²) in [5, 5.41) is 22.3. The number of benzene rings is 1. The van der Waals surface area contributed by atoms with Crippen molar-refractivity contribution in [1.29, 1.82) is 0 Å². The van der Waals surface area contributed by atoms with Crippen LogP contribution in [0.5, 0.6) is 0 Å². The Morgan fingerprint density at radius 1 is 1.20 bits per heavy atom. The van der Waals surface area contributed by atoms with E-state index in [-0.39, 0.29) is 0 Å². The molecule has 0 unspecified atom stereocenters. The van der Waals surface area contributed by atoms with E-state index in [1.165, 1.54) is 0 Å². The molecule has 102 valence electrons. The normalized spacial score (nSPS) is 10.7. The van der Waals surface area contributed by atoms with Crippen molar-refractivity contribution in [3.8, 4) is 5.69 Å². The molecule has 8 nitrogen and oxygen atoms in total. The quantitative estimate of drug-likeness (QED) is 0.751. The first-order valence-electron chi connectivity index (χ1n) is 6.15. The Bertz CT molecular complexity index is 700. The molecular weight excluding hydrogens is 256 g/mol. The molecule has 0 saturated heterocycles. The van der Waals surface area contributed by atoms with Gasteiger partial charge in [0.1, 0.15) is 6.33 Å². The van der Waals surface area contributed by atoms with Crippen molar-refractivity contribution in [3.05, 3.63) is 42.0 Å². The molecule has 0 fully saturated rings. The highest BCUT2D eigenvalue weighted by molar-refractivity contribution is 5.54. The minimum Gasteiger partial charge on any atom is -0.379 e. The van der Waals surface area contributed by atoms with Crippen molar-refractivity contribution in [2.75, 3.05) is 5.32 Å². The molecule has 0 amide bonds. The monoisotopic (exact) mass is 270 g/mol. The van der Waals surface area contributed by atoms with E-state index in [4.69, 9.17) is 0 Å². The largest absolute Gasteiger partial charge is 0.379 e. The van der Waals surface area contributed by atoms with E-state index < -0.39 is 0 Å². The number of nitrogens with zero attached hydrogens (tertiary/aromatic N) is 7. The molecule has 0 atom stereocenters. The van der Waals surface area contributed by atoms with E-state index in [9.17, 15) is 0 Å². The second-order valence-electron chi connectivity index (χ2n) is 4.46. The standard InChI is InChI=1S/C12H14N8/c1-9-3-4-10(5-12(9)20-8-15-16-18-20)13-6-11-7-14-17-19(11)2/h3-5,7-8,13H,6H2,1-2H3. The Labute approximate surface area is 115 Å². The predicted octanol–water partition coefficient (Wildman–Crippen LogP) is 0.711. The van der Waals surface area contributed by atoms with Gasteiger partial charge in [0.05, 0.1) is 24.1 Å². The topological polar surface area (TPSA) is 86.3 Å². The lowest BCUT2D eigenvalue weighted by atomic mass is 10.2. The van der Waals surface area contributed by atoms with Gasteiger partial charge in [-0.15, -0.1) is 10.2 Å². The molecule has 2 heterocycles. The number of aryl methyl sites for hydroxylation is 2. The number of nitrogens with one attached hydrogen (secondary N) is 1. The zero-order valence-corrected chi connectivity index (χ0v) is 11.2. The Kier molecular flexibility index (Phi) is 3.12. The molecule has 0 spiro atoms. The Hall–Kier alpha value is -2.77.